The summed E-state index contributed by atoms with van der Waals surface area (Å²) in [5.74, 6) is 7.20. The molecule has 0 aliphatic heterocycles. The van der Waals surface area contributed by atoms with Gasteiger partial charge in [0, 0.05) is 23.3 Å². The van der Waals surface area contributed by atoms with Crippen LogP contribution in [0.1, 0.15) is 5.56 Å². The minimum atomic E-state index is 0.563. The summed E-state index contributed by atoms with van der Waals surface area (Å²) < 4.78 is 5.54. The lowest BCUT2D eigenvalue weighted by atomic mass is 10.1. The minimum absolute atomic E-state index is 0.563. The predicted molar refractivity (Wildman–Crippen MR) is 108 cm³/mol. The first-order valence-corrected chi connectivity index (χ1v) is 8.70. The Bertz CT molecular complexity index is 1050. The summed E-state index contributed by atoms with van der Waals surface area (Å²) in [4.78, 5) is 8.92. The Hall–Kier alpha value is -3.44. The van der Waals surface area contributed by atoms with Gasteiger partial charge in [-0.15, -0.1) is 0 Å². The highest BCUT2D eigenvalue weighted by atomic mass is 16.5. The Morgan fingerprint density at radius 2 is 1.74 bits per heavy atom. The van der Waals surface area contributed by atoms with Gasteiger partial charge in [0.2, 0.25) is 0 Å². The van der Waals surface area contributed by atoms with Crippen molar-refractivity contribution in [2.24, 2.45) is 5.84 Å². The number of aromatic nitrogens is 2. The van der Waals surface area contributed by atoms with E-state index >= 15 is 0 Å². The number of hydrogen-bond donors (Lipinski definition) is 1. The summed E-state index contributed by atoms with van der Waals surface area (Å²) in [6, 6.07) is 21.9. The molecule has 0 amide bonds. The maximum absolute atomic E-state index is 6.48. The number of ether oxygens (including phenoxy) is 1. The molecule has 0 radical (unpaired) electrons. The van der Waals surface area contributed by atoms with Crippen molar-refractivity contribution in [3.63, 3.8) is 0 Å². The first kappa shape index (κ1) is 17.0. The normalized spacial score (nSPS) is 10.7. The van der Waals surface area contributed by atoms with Gasteiger partial charge in [0.15, 0.2) is 0 Å². The van der Waals surface area contributed by atoms with Gasteiger partial charge in [-0.25, -0.2) is 10.8 Å². The van der Waals surface area contributed by atoms with Crippen LogP contribution in [0.15, 0.2) is 79.1 Å². The van der Waals surface area contributed by atoms with Crippen LogP contribution < -0.4 is 15.6 Å². The van der Waals surface area contributed by atoms with Crippen LogP contribution in [0.4, 0.5) is 5.69 Å². The number of benzene rings is 2. The van der Waals surface area contributed by atoms with Gasteiger partial charge < -0.3 is 9.75 Å². The average molecular weight is 356 g/mol. The van der Waals surface area contributed by atoms with E-state index in [4.69, 9.17) is 15.6 Å². The van der Waals surface area contributed by atoms with Gasteiger partial charge in [0.1, 0.15) is 11.3 Å². The third-order valence-electron chi connectivity index (χ3n) is 4.48. The number of methoxy groups -OCH3 is 1. The Kier molecular flexibility index (Phi) is 4.68. The molecule has 0 saturated heterocycles. The second-order valence-electron chi connectivity index (χ2n) is 6.23. The molecule has 4 aromatic rings. The Morgan fingerprint density at radius 3 is 2.48 bits per heavy atom. The standard InChI is InChI=1S/C22H20N4O/c1-27-21-9-5-8-18-20(26(23)15-16-10-12-24-13-11-16)14-19(25-22(18)21)17-6-3-2-4-7-17/h2-14H,15,23H2,1H3. The number of para-hydroxylation sites is 1. The maximum Gasteiger partial charge on any atom is 0.145 e. The highest BCUT2D eigenvalue weighted by Crippen LogP contribution is 2.34. The van der Waals surface area contributed by atoms with Crippen LogP contribution in [0.5, 0.6) is 5.75 Å². The maximum atomic E-state index is 6.48. The fraction of sp³-hybridized carbons (Fsp3) is 0.0909. The smallest absolute Gasteiger partial charge is 0.145 e. The van der Waals surface area contributed by atoms with Gasteiger partial charge in [-0.05, 0) is 29.8 Å². The van der Waals surface area contributed by atoms with Crippen molar-refractivity contribution in [2.75, 3.05) is 12.1 Å². The molecule has 0 bridgehead atoms. The van der Waals surface area contributed by atoms with Crippen molar-refractivity contribution in [3.05, 3.63) is 84.7 Å². The molecule has 0 fully saturated rings. The topological polar surface area (TPSA) is 64.3 Å². The number of hydrazine groups is 1. The van der Waals surface area contributed by atoms with Crippen molar-refractivity contribution in [2.45, 2.75) is 6.54 Å². The zero-order chi connectivity index (χ0) is 18.6. The number of anilines is 1. The minimum Gasteiger partial charge on any atom is -0.494 e. The van der Waals surface area contributed by atoms with E-state index in [1.54, 1.807) is 24.5 Å². The monoisotopic (exact) mass is 356 g/mol. The molecule has 2 aromatic heterocycles. The van der Waals surface area contributed by atoms with Gasteiger partial charge in [0.25, 0.3) is 0 Å². The number of fused-ring (bicyclic) bond motifs is 1. The van der Waals surface area contributed by atoms with Gasteiger partial charge in [-0.1, -0.05) is 42.5 Å². The molecular formula is C22H20N4O. The van der Waals surface area contributed by atoms with Crippen molar-refractivity contribution in [1.82, 2.24) is 9.97 Å². The summed E-state index contributed by atoms with van der Waals surface area (Å²) >= 11 is 0. The number of nitrogens with two attached hydrogens (primary N) is 1. The molecule has 2 aromatic carbocycles. The predicted octanol–water partition coefficient (Wildman–Crippen LogP) is 4.19. The van der Waals surface area contributed by atoms with Crippen LogP contribution in [0.25, 0.3) is 22.2 Å². The third-order valence-corrected chi connectivity index (χ3v) is 4.48. The van der Waals surface area contributed by atoms with E-state index in [1.807, 2.05) is 66.7 Å². The lowest BCUT2D eigenvalue weighted by molar-refractivity contribution is 0.419. The Morgan fingerprint density at radius 1 is 0.963 bits per heavy atom. The highest BCUT2D eigenvalue weighted by Gasteiger charge is 2.14. The SMILES string of the molecule is COc1cccc2c(N(N)Cc3ccncc3)cc(-c3ccccc3)nc12. The fourth-order valence-electron chi connectivity index (χ4n) is 3.13. The van der Waals surface area contributed by atoms with E-state index in [-0.39, 0.29) is 0 Å². The third kappa shape index (κ3) is 3.45. The Balaban J connectivity index is 1.87. The van der Waals surface area contributed by atoms with Crippen LogP contribution in [0.2, 0.25) is 0 Å². The molecule has 27 heavy (non-hydrogen) atoms. The van der Waals surface area contributed by atoms with Gasteiger partial charge in [-0.3, -0.25) is 4.98 Å². The molecule has 0 aliphatic carbocycles. The molecule has 0 spiro atoms. The molecule has 134 valence electrons. The van der Waals surface area contributed by atoms with Crippen molar-refractivity contribution in [3.8, 4) is 17.0 Å². The first-order chi connectivity index (χ1) is 13.3. The summed E-state index contributed by atoms with van der Waals surface area (Å²) in [5.41, 5.74) is 4.66. The average Bonchev–Trinajstić information content (AvgIpc) is 2.73. The zero-order valence-corrected chi connectivity index (χ0v) is 15.0. The number of pyridine rings is 2. The molecule has 2 N–H and O–H groups in total. The second-order valence-corrected chi connectivity index (χ2v) is 6.23. The number of nitrogens with zero attached hydrogens (tertiary/aromatic N) is 3. The quantitative estimate of drug-likeness (QED) is 0.429. The second kappa shape index (κ2) is 7.43. The molecule has 5 nitrogen and oxygen atoms in total. The van der Waals surface area contributed by atoms with Crippen LogP contribution in [0, 0.1) is 0 Å². The number of rotatable bonds is 5. The van der Waals surface area contributed by atoms with Crippen LogP contribution in [0.3, 0.4) is 0 Å². The Labute approximate surface area is 158 Å². The number of hydrogen-bond acceptors (Lipinski definition) is 5. The van der Waals surface area contributed by atoms with Crippen LogP contribution >= 0.6 is 0 Å². The van der Waals surface area contributed by atoms with E-state index in [9.17, 15) is 0 Å². The largest absolute Gasteiger partial charge is 0.494 e. The summed E-state index contributed by atoms with van der Waals surface area (Å²) in [5, 5.41) is 2.69. The van der Waals surface area contributed by atoms with E-state index in [0.717, 1.165) is 39.2 Å². The van der Waals surface area contributed by atoms with Crippen molar-refractivity contribution < 1.29 is 4.74 Å². The molecule has 2 heterocycles. The molecule has 0 atom stereocenters. The molecule has 0 unspecified atom stereocenters. The molecule has 5 heteroatoms. The summed E-state index contributed by atoms with van der Waals surface area (Å²) in [6.45, 7) is 0.563. The van der Waals surface area contributed by atoms with E-state index in [1.165, 1.54) is 0 Å². The highest BCUT2D eigenvalue weighted by molar-refractivity contribution is 5.97. The molecule has 0 saturated carbocycles. The summed E-state index contributed by atoms with van der Waals surface area (Å²) in [7, 11) is 1.66. The van der Waals surface area contributed by atoms with Gasteiger partial charge >= 0.3 is 0 Å². The van der Waals surface area contributed by atoms with E-state index in [2.05, 4.69) is 4.98 Å². The molecule has 0 aliphatic rings. The van der Waals surface area contributed by atoms with Crippen LogP contribution in [-0.4, -0.2) is 17.1 Å². The zero-order valence-electron chi connectivity index (χ0n) is 15.0. The molecular weight excluding hydrogens is 336 g/mol. The van der Waals surface area contributed by atoms with E-state index in [0.29, 0.717) is 6.54 Å². The van der Waals surface area contributed by atoms with Crippen molar-refractivity contribution >= 4 is 16.6 Å². The van der Waals surface area contributed by atoms with Crippen molar-refractivity contribution in [1.29, 1.82) is 0 Å². The van der Waals surface area contributed by atoms with Gasteiger partial charge in [-0.2, -0.15) is 0 Å². The lowest BCUT2D eigenvalue weighted by Gasteiger charge is -2.22. The first-order valence-electron chi connectivity index (χ1n) is 8.70. The molecule has 4 rings (SSSR count). The van der Waals surface area contributed by atoms with E-state index < -0.39 is 0 Å². The van der Waals surface area contributed by atoms with Crippen LogP contribution in [-0.2, 0) is 6.54 Å². The fourth-order valence-corrected chi connectivity index (χ4v) is 3.13. The summed E-state index contributed by atoms with van der Waals surface area (Å²) in [6.07, 6.45) is 3.54. The van der Waals surface area contributed by atoms with Gasteiger partial charge in [0.05, 0.1) is 25.0 Å². The lowest BCUT2D eigenvalue weighted by Crippen LogP contribution is -2.30.